The van der Waals surface area contributed by atoms with Crippen molar-refractivity contribution in [2.75, 3.05) is 13.7 Å². The maximum Gasteiger partial charge on any atom is 0.307 e. The molecular formula is C16H15BrFNO4S. The van der Waals surface area contributed by atoms with Crippen molar-refractivity contribution >= 4 is 39.1 Å². The molecule has 0 saturated heterocycles. The quantitative estimate of drug-likeness (QED) is 0.703. The summed E-state index contributed by atoms with van der Waals surface area (Å²) in [5.74, 6) is -1.48. The lowest BCUT2D eigenvalue weighted by Gasteiger charge is -2.16. The van der Waals surface area contributed by atoms with Crippen molar-refractivity contribution in [1.29, 1.82) is 0 Å². The van der Waals surface area contributed by atoms with Crippen molar-refractivity contribution < 1.29 is 23.5 Å². The van der Waals surface area contributed by atoms with Gasteiger partial charge < -0.3 is 14.8 Å². The first kappa shape index (κ1) is 18.4. The number of carbonyl (C=O) groups is 2. The lowest BCUT2D eigenvalue weighted by molar-refractivity contribution is -0.141. The summed E-state index contributed by atoms with van der Waals surface area (Å²) in [6, 6.07) is 7.42. The minimum absolute atomic E-state index is 0.00932. The molecule has 0 bridgehead atoms. The number of nitrogens with one attached hydrogen (secondary N) is 1. The summed E-state index contributed by atoms with van der Waals surface area (Å²) in [4.78, 5) is 24.4. The van der Waals surface area contributed by atoms with E-state index < -0.39 is 23.7 Å². The van der Waals surface area contributed by atoms with Gasteiger partial charge in [-0.1, -0.05) is 22.0 Å². The monoisotopic (exact) mass is 415 g/mol. The Bertz CT molecular complexity index is 708. The average Bonchev–Trinajstić information content (AvgIpc) is 3.07. The molecule has 1 amide bonds. The zero-order valence-corrected chi connectivity index (χ0v) is 15.2. The number of esters is 1. The van der Waals surface area contributed by atoms with E-state index in [0.29, 0.717) is 4.47 Å². The van der Waals surface area contributed by atoms with Crippen LogP contribution >= 0.6 is 27.3 Å². The lowest BCUT2D eigenvalue weighted by atomic mass is 10.1. The number of benzene rings is 1. The molecule has 1 aromatic carbocycles. The van der Waals surface area contributed by atoms with E-state index >= 15 is 0 Å². The Morgan fingerprint density at radius 1 is 1.38 bits per heavy atom. The van der Waals surface area contributed by atoms with Gasteiger partial charge in [-0.3, -0.25) is 9.59 Å². The molecule has 5 nitrogen and oxygen atoms in total. The van der Waals surface area contributed by atoms with Crippen molar-refractivity contribution in [3.8, 4) is 5.75 Å². The van der Waals surface area contributed by atoms with Crippen LogP contribution in [0.5, 0.6) is 5.75 Å². The summed E-state index contributed by atoms with van der Waals surface area (Å²) in [5.41, 5.74) is 0. The second-order valence-corrected chi connectivity index (χ2v) is 6.67. The Morgan fingerprint density at radius 3 is 2.79 bits per heavy atom. The van der Waals surface area contributed by atoms with Crippen LogP contribution in [-0.2, 0) is 14.3 Å². The first-order chi connectivity index (χ1) is 11.5. The molecule has 1 atom stereocenters. The Balaban J connectivity index is 1.96. The van der Waals surface area contributed by atoms with Gasteiger partial charge in [-0.15, -0.1) is 11.3 Å². The summed E-state index contributed by atoms with van der Waals surface area (Å²) in [7, 11) is 1.29. The third-order valence-corrected chi connectivity index (χ3v) is 4.55. The van der Waals surface area contributed by atoms with Crippen molar-refractivity contribution in [3.05, 3.63) is 50.9 Å². The van der Waals surface area contributed by atoms with E-state index in [1.165, 1.54) is 30.6 Å². The summed E-state index contributed by atoms with van der Waals surface area (Å²) in [5, 5.41) is 4.55. The summed E-state index contributed by atoms with van der Waals surface area (Å²) < 4.78 is 24.1. The SMILES string of the molecule is COC(=O)C[C@H](NC(=O)COc1ccc(Br)cc1F)c1cccs1. The Kier molecular flexibility index (Phi) is 6.74. The minimum Gasteiger partial charge on any atom is -0.481 e. The van der Waals surface area contributed by atoms with E-state index in [2.05, 4.69) is 26.0 Å². The van der Waals surface area contributed by atoms with Gasteiger partial charge in [-0.25, -0.2) is 4.39 Å². The van der Waals surface area contributed by atoms with Crippen LogP contribution in [0.15, 0.2) is 40.2 Å². The van der Waals surface area contributed by atoms with Gasteiger partial charge in [0, 0.05) is 9.35 Å². The topological polar surface area (TPSA) is 64.6 Å². The Hall–Kier alpha value is -1.93. The standard InChI is InChI=1S/C16H15BrFNO4S/c1-22-16(21)8-12(14-3-2-6-24-14)19-15(20)9-23-13-5-4-10(17)7-11(13)18/h2-7,12H,8-9H2,1H3,(H,19,20)/t12-/m0/s1. The van der Waals surface area contributed by atoms with E-state index in [9.17, 15) is 14.0 Å². The normalized spacial score (nSPS) is 11.6. The van der Waals surface area contributed by atoms with Crippen molar-refractivity contribution in [3.63, 3.8) is 0 Å². The lowest BCUT2D eigenvalue weighted by Crippen LogP contribution is -2.33. The Labute approximate surface area is 150 Å². The molecule has 128 valence electrons. The number of rotatable bonds is 7. The van der Waals surface area contributed by atoms with Crippen LogP contribution in [0.1, 0.15) is 17.3 Å². The van der Waals surface area contributed by atoms with Crippen LogP contribution in [-0.4, -0.2) is 25.6 Å². The third kappa shape index (κ3) is 5.31. The maximum absolute atomic E-state index is 13.7. The molecule has 24 heavy (non-hydrogen) atoms. The minimum atomic E-state index is -0.568. The second kappa shape index (κ2) is 8.79. The molecule has 0 radical (unpaired) electrons. The molecule has 1 aromatic heterocycles. The van der Waals surface area contributed by atoms with Crippen molar-refractivity contribution in [2.24, 2.45) is 0 Å². The highest BCUT2D eigenvalue weighted by molar-refractivity contribution is 9.10. The number of hydrogen-bond acceptors (Lipinski definition) is 5. The van der Waals surface area contributed by atoms with Crippen LogP contribution in [0.2, 0.25) is 0 Å². The van der Waals surface area contributed by atoms with Crippen molar-refractivity contribution in [2.45, 2.75) is 12.5 Å². The summed E-state index contributed by atoms with van der Waals surface area (Å²) >= 11 is 4.56. The van der Waals surface area contributed by atoms with Gasteiger partial charge in [-0.2, -0.15) is 0 Å². The highest BCUT2D eigenvalue weighted by Crippen LogP contribution is 2.23. The fraction of sp³-hybridized carbons (Fsp3) is 0.250. The number of ether oxygens (including phenoxy) is 2. The smallest absolute Gasteiger partial charge is 0.307 e. The van der Waals surface area contributed by atoms with E-state index in [1.807, 2.05) is 17.5 Å². The molecule has 2 rings (SSSR count). The van der Waals surface area contributed by atoms with Crippen LogP contribution in [0, 0.1) is 5.82 Å². The van der Waals surface area contributed by atoms with Gasteiger partial charge in [0.1, 0.15) is 0 Å². The molecule has 8 heteroatoms. The van der Waals surface area contributed by atoms with E-state index in [0.717, 1.165) is 4.88 Å². The molecule has 0 aliphatic heterocycles. The number of amides is 1. The fourth-order valence-corrected chi connectivity index (χ4v) is 3.04. The van der Waals surface area contributed by atoms with E-state index in [-0.39, 0.29) is 18.8 Å². The highest BCUT2D eigenvalue weighted by atomic mass is 79.9. The molecule has 1 N–H and O–H groups in total. The number of methoxy groups -OCH3 is 1. The van der Waals surface area contributed by atoms with E-state index in [4.69, 9.17) is 4.74 Å². The van der Waals surface area contributed by atoms with Gasteiger partial charge in [0.2, 0.25) is 0 Å². The van der Waals surface area contributed by atoms with Crippen molar-refractivity contribution in [1.82, 2.24) is 5.32 Å². The van der Waals surface area contributed by atoms with Crippen LogP contribution in [0.3, 0.4) is 0 Å². The molecule has 0 spiro atoms. The van der Waals surface area contributed by atoms with Gasteiger partial charge in [-0.05, 0) is 29.6 Å². The van der Waals surface area contributed by atoms with Gasteiger partial charge in [0.05, 0.1) is 19.6 Å². The third-order valence-electron chi connectivity index (χ3n) is 3.07. The first-order valence-electron chi connectivity index (χ1n) is 6.97. The second-order valence-electron chi connectivity index (χ2n) is 4.78. The molecule has 0 fully saturated rings. The fourth-order valence-electron chi connectivity index (χ4n) is 1.93. The van der Waals surface area contributed by atoms with E-state index in [1.54, 1.807) is 6.07 Å². The molecular weight excluding hydrogens is 401 g/mol. The van der Waals surface area contributed by atoms with Crippen LogP contribution < -0.4 is 10.1 Å². The first-order valence-corrected chi connectivity index (χ1v) is 8.64. The predicted octanol–water partition coefficient (Wildman–Crippen LogP) is 3.45. The zero-order valence-electron chi connectivity index (χ0n) is 12.8. The predicted molar refractivity (Wildman–Crippen MR) is 91.4 cm³/mol. The van der Waals surface area contributed by atoms with Gasteiger partial charge in [0.15, 0.2) is 18.2 Å². The average molecular weight is 416 g/mol. The Morgan fingerprint density at radius 2 is 2.17 bits per heavy atom. The summed E-state index contributed by atoms with van der Waals surface area (Å²) in [6.07, 6.45) is 0.00932. The highest BCUT2D eigenvalue weighted by Gasteiger charge is 2.20. The number of carbonyl (C=O) groups excluding carboxylic acids is 2. The maximum atomic E-state index is 13.7. The van der Waals surface area contributed by atoms with Gasteiger partial charge >= 0.3 is 5.97 Å². The molecule has 0 saturated carbocycles. The molecule has 2 aromatic rings. The van der Waals surface area contributed by atoms with Crippen LogP contribution in [0.4, 0.5) is 4.39 Å². The van der Waals surface area contributed by atoms with Crippen LogP contribution in [0.25, 0.3) is 0 Å². The molecule has 0 unspecified atom stereocenters. The summed E-state index contributed by atoms with van der Waals surface area (Å²) in [6.45, 7) is -0.360. The zero-order chi connectivity index (χ0) is 17.5. The molecule has 1 heterocycles. The van der Waals surface area contributed by atoms with Gasteiger partial charge in [0.25, 0.3) is 5.91 Å². The number of halogens is 2. The molecule has 0 aliphatic rings. The molecule has 0 aliphatic carbocycles. The number of thiophene rings is 1. The largest absolute Gasteiger partial charge is 0.481 e. The number of hydrogen-bond donors (Lipinski definition) is 1.